The van der Waals surface area contributed by atoms with Gasteiger partial charge in [0.25, 0.3) is 0 Å². The summed E-state index contributed by atoms with van der Waals surface area (Å²) in [5.41, 5.74) is 0.379. The van der Waals surface area contributed by atoms with Crippen LogP contribution in [0.5, 0.6) is 0 Å². The molecular weight excluding hydrogens is 192 g/mol. The minimum absolute atomic E-state index is 0.0770. The van der Waals surface area contributed by atoms with Crippen molar-refractivity contribution < 1.29 is 9.53 Å². The molecule has 4 heteroatoms. The maximum Gasteiger partial charge on any atom is 0.211 e. The highest BCUT2D eigenvalue weighted by Gasteiger charge is 2.20. The molecule has 4 nitrogen and oxygen atoms in total. The number of ether oxygens (including phenoxy) is 1. The molecule has 1 heterocycles. The molecule has 15 heavy (non-hydrogen) atoms. The average molecular weight is 208 g/mol. The summed E-state index contributed by atoms with van der Waals surface area (Å²) in [6.07, 6.45) is 5.80. The summed E-state index contributed by atoms with van der Waals surface area (Å²) < 4.78 is 5.38. The van der Waals surface area contributed by atoms with E-state index in [1.807, 2.05) is 13.8 Å². The molecule has 1 atom stereocenters. The number of hydrogen-bond donors (Lipinski definition) is 0. The third-order valence-electron chi connectivity index (χ3n) is 2.03. The van der Waals surface area contributed by atoms with E-state index in [0.717, 1.165) is 12.8 Å². The second kappa shape index (κ2) is 6.24. The van der Waals surface area contributed by atoms with E-state index in [-0.39, 0.29) is 11.9 Å². The number of carbonyl (C=O) groups excluding carboxylic acids is 1. The van der Waals surface area contributed by atoms with Crippen LogP contribution in [0.1, 0.15) is 37.2 Å². The summed E-state index contributed by atoms with van der Waals surface area (Å²) in [7, 11) is 0. The standard InChI is InChI=1S/C11H16N2O2/c1-3-5-10(15-4-2)11(14)9-8-12-6-7-13-9/h6-8,10H,3-5H2,1-2H3. The lowest BCUT2D eigenvalue weighted by Gasteiger charge is -2.13. The van der Waals surface area contributed by atoms with Crippen LogP contribution in [0.25, 0.3) is 0 Å². The van der Waals surface area contributed by atoms with Crippen LogP contribution in [0.2, 0.25) is 0 Å². The third kappa shape index (κ3) is 3.40. The lowest BCUT2D eigenvalue weighted by atomic mass is 10.1. The fraction of sp³-hybridized carbons (Fsp3) is 0.545. The second-order valence-corrected chi connectivity index (χ2v) is 3.19. The van der Waals surface area contributed by atoms with E-state index < -0.39 is 0 Å². The van der Waals surface area contributed by atoms with Gasteiger partial charge < -0.3 is 4.74 Å². The van der Waals surface area contributed by atoms with Gasteiger partial charge in [0, 0.05) is 19.0 Å². The molecule has 1 rings (SSSR count). The molecular formula is C11H16N2O2. The Morgan fingerprint density at radius 1 is 1.47 bits per heavy atom. The molecule has 1 aromatic rings. The molecule has 0 aromatic carbocycles. The molecule has 0 fully saturated rings. The largest absolute Gasteiger partial charge is 0.370 e. The van der Waals surface area contributed by atoms with Crippen LogP contribution in [-0.2, 0) is 4.74 Å². The highest BCUT2D eigenvalue weighted by atomic mass is 16.5. The minimum atomic E-state index is -0.378. The monoisotopic (exact) mass is 208 g/mol. The molecule has 1 unspecified atom stereocenters. The lowest BCUT2D eigenvalue weighted by molar-refractivity contribution is 0.0418. The predicted molar refractivity (Wildman–Crippen MR) is 56.7 cm³/mol. The zero-order valence-corrected chi connectivity index (χ0v) is 9.14. The van der Waals surface area contributed by atoms with Crippen LogP contribution < -0.4 is 0 Å². The summed E-state index contributed by atoms with van der Waals surface area (Å²) in [5, 5.41) is 0. The van der Waals surface area contributed by atoms with E-state index in [9.17, 15) is 4.79 Å². The first kappa shape index (κ1) is 11.8. The van der Waals surface area contributed by atoms with Crippen LogP contribution in [0.4, 0.5) is 0 Å². The first-order valence-corrected chi connectivity index (χ1v) is 5.21. The zero-order chi connectivity index (χ0) is 11.1. The van der Waals surface area contributed by atoms with Crippen LogP contribution >= 0.6 is 0 Å². The molecule has 0 aliphatic carbocycles. The van der Waals surface area contributed by atoms with Gasteiger partial charge in [-0.2, -0.15) is 0 Å². The van der Waals surface area contributed by atoms with Gasteiger partial charge in [0.05, 0.1) is 6.20 Å². The average Bonchev–Trinajstić information content (AvgIpc) is 2.29. The Kier molecular flexibility index (Phi) is 4.90. The highest BCUT2D eigenvalue weighted by Crippen LogP contribution is 2.08. The van der Waals surface area contributed by atoms with Gasteiger partial charge in [-0.25, -0.2) is 4.98 Å². The highest BCUT2D eigenvalue weighted by molar-refractivity contribution is 5.97. The normalized spacial score (nSPS) is 12.4. The SMILES string of the molecule is CCCC(OCC)C(=O)c1cnccn1. The topological polar surface area (TPSA) is 52.1 Å². The van der Waals surface area contributed by atoms with Gasteiger partial charge in [-0.15, -0.1) is 0 Å². The van der Waals surface area contributed by atoms with Crippen molar-refractivity contribution in [2.75, 3.05) is 6.61 Å². The van der Waals surface area contributed by atoms with Crippen molar-refractivity contribution >= 4 is 5.78 Å². The van der Waals surface area contributed by atoms with Gasteiger partial charge in [-0.05, 0) is 13.3 Å². The van der Waals surface area contributed by atoms with E-state index in [1.54, 1.807) is 6.20 Å². The quantitative estimate of drug-likeness (QED) is 0.669. The number of hydrogen-bond acceptors (Lipinski definition) is 4. The van der Waals surface area contributed by atoms with Gasteiger partial charge in [0.1, 0.15) is 11.8 Å². The fourth-order valence-corrected chi connectivity index (χ4v) is 1.34. The Morgan fingerprint density at radius 3 is 2.80 bits per heavy atom. The maximum absolute atomic E-state index is 11.9. The van der Waals surface area contributed by atoms with Crippen molar-refractivity contribution in [3.8, 4) is 0 Å². The van der Waals surface area contributed by atoms with Crippen molar-refractivity contribution in [2.45, 2.75) is 32.8 Å². The van der Waals surface area contributed by atoms with E-state index >= 15 is 0 Å². The van der Waals surface area contributed by atoms with Gasteiger partial charge in [0.15, 0.2) is 0 Å². The molecule has 1 aromatic heterocycles. The number of nitrogens with zero attached hydrogens (tertiary/aromatic N) is 2. The molecule has 0 N–H and O–H groups in total. The van der Waals surface area contributed by atoms with Gasteiger partial charge in [-0.1, -0.05) is 13.3 Å². The van der Waals surface area contributed by atoms with Crippen molar-refractivity contribution in [1.29, 1.82) is 0 Å². The van der Waals surface area contributed by atoms with Crippen LogP contribution in [0.3, 0.4) is 0 Å². The zero-order valence-electron chi connectivity index (χ0n) is 9.14. The second-order valence-electron chi connectivity index (χ2n) is 3.19. The summed E-state index contributed by atoms with van der Waals surface area (Å²) in [6.45, 7) is 4.44. The lowest BCUT2D eigenvalue weighted by Crippen LogP contribution is -2.25. The molecule has 0 amide bonds. The van der Waals surface area contributed by atoms with Crippen molar-refractivity contribution in [2.24, 2.45) is 0 Å². The fourth-order valence-electron chi connectivity index (χ4n) is 1.34. The summed E-state index contributed by atoms with van der Waals surface area (Å²) >= 11 is 0. The molecule has 0 radical (unpaired) electrons. The van der Waals surface area contributed by atoms with E-state index in [1.165, 1.54) is 12.4 Å². The Balaban J connectivity index is 2.71. The maximum atomic E-state index is 11.9. The first-order valence-electron chi connectivity index (χ1n) is 5.21. The Morgan fingerprint density at radius 2 is 2.27 bits per heavy atom. The van der Waals surface area contributed by atoms with Crippen LogP contribution in [0, 0.1) is 0 Å². The van der Waals surface area contributed by atoms with Crippen molar-refractivity contribution in [3.05, 3.63) is 24.3 Å². The number of carbonyl (C=O) groups is 1. The molecule has 0 bridgehead atoms. The number of rotatable bonds is 6. The molecule has 0 saturated carbocycles. The van der Waals surface area contributed by atoms with E-state index in [0.29, 0.717) is 12.3 Å². The minimum Gasteiger partial charge on any atom is -0.370 e. The van der Waals surface area contributed by atoms with Crippen LogP contribution in [0.15, 0.2) is 18.6 Å². The first-order chi connectivity index (χ1) is 7.29. The van der Waals surface area contributed by atoms with Gasteiger partial charge in [0.2, 0.25) is 5.78 Å². The Bertz CT molecular complexity index is 295. The van der Waals surface area contributed by atoms with Gasteiger partial charge >= 0.3 is 0 Å². The van der Waals surface area contributed by atoms with Crippen molar-refractivity contribution in [3.63, 3.8) is 0 Å². The van der Waals surface area contributed by atoms with E-state index in [4.69, 9.17) is 4.74 Å². The Hall–Kier alpha value is -1.29. The molecule has 0 aliphatic heterocycles. The third-order valence-corrected chi connectivity index (χ3v) is 2.03. The molecule has 0 saturated heterocycles. The van der Waals surface area contributed by atoms with E-state index in [2.05, 4.69) is 9.97 Å². The number of Topliss-reactive ketones (excluding diaryl/α,β-unsaturated/α-hetero) is 1. The number of aromatic nitrogens is 2. The molecule has 0 aliphatic rings. The summed E-state index contributed by atoms with van der Waals surface area (Å²) in [6, 6.07) is 0. The number of ketones is 1. The summed E-state index contributed by atoms with van der Waals surface area (Å²) in [4.78, 5) is 19.7. The summed E-state index contributed by atoms with van der Waals surface area (Å²) in [5.74, 6) is -0.0770. The smallest absolute Gasteiger partial charge is 0.211 e. The molecule has 82 valence electrons. The predicted octanol–water partition coefficient (Wildman–Crippen LogP) is 1.86. The van der Waals surface area contributed by atoms with Crippen LogP contribution in [-0.4, -0.2) is 28.5 Å². The van der Waals surface area contributed by atoms with Gasteiger partial charge in [-0.3, -0.25) is 9.78 Å². The van der Waals surface area contributed by atoms with Crippen molar-refractivity contribution in [1.82, 2.24) is 9.97 Å². The molecule has 0 spiro atoms. The Labute approximate surface area is 89.7 Å².